The standard InChI is InChI=1S/C11H17N3O2/c1-8(10-6-12-13-7-10)14-11(15)9-2-4-16-5-3-9/h6-9H,2-5H2,1H3,(H,12,13)(H,14,15). The third-order valence-electron chi connectivity index (χ3n) is 2.97. The molecule has 2 rings (SSSR count). The van der Waals surface area contributed by atoms with E-state index < -0.39 is 0 Å². The zero-order chi connectivity index (χ0) is 11.4. The van der Waals surface area contributed by atoms with Crippen molar-refractivity contribution in [2.75, 3.05) is 13.2 Å². The summed E-state index contributed by atoms with van der Waals surface area (Å²) in [4.78, 5) is 11.9. The Labute approximate surface area is 94.6 Å². The maximum Gasteiger partial charge on any atom is 0.223 e. The van der Waals surface area contributed by atoms with Gasteiger partial charge >= 0.3 is 0 Å². The molecule has 2 heterocycles. The molecule has 0 radical (unpaired) electrons. The van der Waals surface area contributed by atoms with Crippen LogP contribution in [0.1, 0.15) is 31.4 Å². The fraction of sp³-hybridized carbons (Fsp3) is 0.636. The largest absolute Gasteiger partial charge is 0.381 e. The van der Waals surface area contributed by atoms with Gasteiger partial charge in [-0.15, -0.1) is 0 Å². The van der Waals surface area contributed by atoms with Crippen LogP contribution < -0.4 is 5.32 Å². The smallest absolute Gasteiger partial charge is 0.223 e. The Morgan fingerprint density at radius 2 is 2.38 bits per heavy atom. The summed E-state index contributed by atoms with van der Waals surface area (Å²) in [5.74, 6) is 0.222. The quantitative estimate of drug-likeness (QED) is 0.803. The van der Waals surface area contributed by atoms with E-state index in [0.717, 1.165) is 18.4 Å². The van der Waals surface area contributed by atoms with Gasteiger partial charge in [-0.3, -0.25) is 9.89 Å². The van der Waals surface area contributed by atoms with Gasteiger partial charge in [0.2, 0.25) is 5.91 Å². The third kappa shape index (κ3) is 2.61. The highest BCUT2D eigenvalue weighted by atomic mass is 16.5. The van der Waals surface area contributed by atoms with Crippen LogP contribution in [-0.4, -0.2) is 29.3 Å². The second-order valence-electron chi connectivity index (χ2n) is 4.15. The fourth-order valence-electron chi connectivity index (χ4n) is 1.87. The summed E-state index contributed by atoms with van der Waals surface area (Å²) in [6, 6.07) is 0.00842. The number of hydrogen-bond donors (Lipinski definition) is 2. The summed E-state index contributed by atoms with van der Waals surface area (Å²) < 4.78 is 5.23. The lowest BCUT2D eigenvalue weighted by atomic mass is 9.99. The van der Waals surface area contributed by atoms with Crippen LogP contribution in [0.15, 0.2) is 12.4 Å². The van der Waals surface area contributed by atoms with Gasteiger partial charge in [-0.05, 0) is 19.8 Å². The van der Waals surface area contributed by atoms with Crippen molar-refractivity contribution in [3.05, 3.63) is 18.0 Å². The van der Waals surface area contributed by atoms with Crippen LogP contribution in [0.4, 0.5) is 0 Å². The molecule has 5 heteroatoms. The molecule has 1 aliphatic rings. The molecule has 1 aliphatic heterocycles. The number of ether oxygens (including phenoxy) is 1. The molecule has 16 heavy (non-hydrogen) atoms. The number of H-pyrrole nitrogens is 1. The van der Waals surface area contributed by atoms with Gasteiger partial charge in [0.1, 0.15) is 0 Å². The molecule has 1 amide bonds. The molecule has 0 aliphatic carbocycles. The Morgan fingerprint density at radius 3 is 3.00 bits per heavy atom. The SMILES string of the molecule is CC(NC(=O)C1CCOCC1)c1cn[nH]c1. The number of carbonyl (C=O) groups excluding carboxylic acids is 1. The van der Waals surface area contributed by atoms with Crippen LogP contribution in [-0.2, 0) is 9.53 Å². The van der Waals surface area contributed by atoms with Crippen molar-refractivity contribution in [1.29, 1.82) is 0 Å². The molecule has 1 atom stereocenters. The first-order valence-electron chi connectivity index (χ1n) is 5.64. The summed E-state index contributed by atoms with van der Waals surface area (Å²) in [5.41, 5.74) is 1.00. The summed E-state index contributed by atoms with van der Waals surface area (Å²) in [5, 5.41) is 9.61. The van der Waals surface area contributed by atoms with Gasteiger partial charge in [0.15, 0.2) is 0 Å². The zero-order valence-electron chi connectivity index (χ0n) is 9.40. The average Bonchev–Trinajstić information content (AvgIpc) is 2.83. The minimum atomic E-state index is 0.00842. The van der Waals surface area contributed by atoms with Crippen LogP contribution in [0, 0.1) is 5.92 Å². The van der Waals surface area contributed by atoms with Crippen LogP contribution in [0.3, 0.4) is 0 Å². The van der Waals surface area contributed by atoms with Gasteiger partial charge < -0.3 is 10.1 Å². The van der Waals surface area contributed by atoms with Crippen molar-refractivity contribution in [3.63, 3.8) is 0 Å². The van der Waals surface area contributed by atoms with E-state index in [2.05, 4.69) is 15.5 Å². The van der Waals surface area contributed by atoms with Gasteiger partial charge in [0.25, 0.3) is 0 Å². The van der Waals surface area contributed by atoms with E-state index in [-0.39, 0.29) is 17.9 Å². The lowest BCUT2D eigenvalue weighted by molar-refractivity contribution is -0.128. The molecule has 1 fully saturated rings. The van der Waals surface area contributed by atoms with Crippen LogP contribution in [0.25, 0.3) is 0 Å². The Balaban J connectivity index is 1.86. The van der Waals surface area contributed by atoms with Crippen LogP contribution >= 0.6 is 0 Å². The number of carbonyl (C=O) groups is 1. The number of aromatic amines is 1. The minimum Gasteiger partial charge on any atom is -0.381 e. The van der Waals surface area contributed by atoms with Gasteiger partial charge in [-0.2, -0.15) is 5.10 Å². The monoisotopic (exact) mass is 223 g/mol. The second-order valence-corrected chi connectivity index (χ2v) is 4.15. The molecule has 1 unspecified atom stereocenters. The molecule has 5 nitrogen and oxygen atoms in total. The predicted molar refractivity (Wildman–Crippen MR) is 58.7 cm³/mol. The Hall–Kier alpha value is -1.36. The minimum absolute atomic E-state index is 0.00842. The molecule has 0 spiro atoms. The molecule has 88 valence electrons. The Bertz CT molecular complexity index is 331. The first kappa shape index (κ1) is 11.1. The van der Waals surface area contributed by atoms with E-state index in [1.165, 1.54) is 0 Å². The molecule has 0 saturated carbocycles. The van der Waals surface area contributed by atoms with Crippen LogP contribution in [0.2, 0.25) is 0 Å². The number of nitrogens with one attached hydrogen (secondary N) is 2. The fourth-order valence-corrected chi connectivity index (χ4v) is 1.87. The van der Waals surface area contributed by atoms with Crippen molar-refractivity contribution in [2.24, 2.45) is 5.92 Å². The maximum atomic E-state index is 11.9. The Kier molecular flexibility index (Phi) is 3.56. The van der Waals surface area contributed by atoms with E-state index in [1.54, 1.807) is 12.4 Å². The summed E-state index contributed by atoms with van der Waals surface area (Å²) in [6.07, 6.45) is 5.18. The molecular formula is C11H17N3O2. The molecule has 0 bridgehead atoms. The molecule has 1 saturated heterocycles. The topological polar surface area (TPSA) is 67.0 Å². The molecule has 0 aromatic carbocycles. The van der Waals surface area contributed by atoms with Gasteiger partial charge in [0, 0.05) is 30.9 Å². The lowest BCUT2D eigenvalue weighted by Gasteiger charge is -2.23. The van der Waals surface area contributed by atoms with E-state index in [4.69, 9.17) is 4.74 Å². The van der Waals surface area contributed by atoms with E-state index in [0.29, 0.717) is 13.2 Å². The van der Waals surface area contributed by atoms with Crippen molar-refractivity contribution in [3.8, 4) is 0 Å². The summed E-state index contributed by atoms with van der Waals surface area (Å²) >= 11 is 0. The van der Waals surface area contributed by atoms with E-state index >= 15 is 0 Å². The number of aromatic nitrogens is 2. The third-order valence-corrected chi connectivity index (χ3v) is 2.97. The molecule has 2 N–H and O–H groups in total. The van der Waals surface area contributed by atoms with Crippen LogP contribution in [0.5, 0.6) is 0 Å². The Morgan fingerprint density at radius 1 is 1.62 bits per heavy atom. The second kappa shape index (κ2) is 5.12. The van der Waals surface area contributed by atoms with Crippen molar-refractivity contribution < 1.29 is 9.53 Å². The van der Waals surface area contributed by atoms with Gasteiger partial charge in [-0.1, -0.05) is 0 Å². The van der Waals surface area contributed by atoms with Crippen molar-refractivity contribution >= 4 is 5.91 Å². The number of rotatable bonds is 3. The molecule has 1 aromatic heterocycles. The van der Waals surface area contributed by atoms with Crippen molar-refractivity contribution in [2.45, 2.75) is 25.8 Å². The number of hydrogen-bond acceptors (Lipinski definition) is 3. The maximum absolute atomic E-state index is 11.9. The van der Waals surface area contributed by atoms with Gasteiger partial charge in [0.05, 0.1) is 12.2 Å². The zero-order valence-corrected chi connectivity index (χ0v) is 9.40. The summed E-state index contributed by atoms with van der Waals surface area (Å²) in [6.45, 7) is 3.35. The first-order chi connectivity index (χ1) is 7.77. The summed E-state index contributed by atoms with van der Waals surface area (Å²) in [7, 11) is 0. The van der Waals surface area contributed by atoms with E-state index in [1.807, 2.05) is 6.92 Å². The normalized spacial score (nSPS) is 19.3. The number of amides is 1. The molecule has 1 aromatic rings. The van der Waals surface area contributed by atoms with Gasteiger partial charge in [-0.25, -0.2) is 0 Å². The highest BCUT2D eigenvalue weighted by molar-refractivity contribution is 5.79. The highest BCUT2D eigenvalue weighted by Crippen LogP contribution is 2.17. The average molecular weight is 223 g/mol. The van der Waals surface area contributed by atoms with E-state index in [9.17, 15) is 4.79 Å². The lowest BCUT2D eigenvalue weighted by Crippen LogP contribution is -2.35. The highest BCUT2D eigenvalue weighted by Gasteiger charge is 2.22. The van der Waals surface area contributed by atoms with Crippen molar-refractivity contribution in [1.82, 2.24) is 15.5 Å². The molecular weight excluding hydrogens is 206 g/mol. The first-order valence-corrected chi connectivity index (χ1v) is 5.64. The predicted octanol–water partition coefficient (Wildman–Crippen LogP) is 1.01. The number of nitrogens with zero attached hydrogens (tertiary/aromatic N) is 1.